The molecule has 0 radical (unpaired) electrons. The van der Waals surface area contributed by atoms with E-state index >= 15 is 0 Å². The number of carbonyl (C=O) groups excluding carboxylic acids is 2. The SMILES string of the molecule is CN1CCC(C(=O)N2CCCC2Cc2ccccc2)CC1=O. The molecule has 4 heteroatoms. The molecule has 0 spiro atoms. The molecular weight excluding hydrogens is 276 g/mol. The van der Waals surface area contributed by atoms with Crippen LogP contribution in [0.2, 0.25) is 0 Å². The third-order valence-corrected chi connectivity index (χ3v) is 4.98. The normalized spacial score (nSPS) is 25.6. The summed E-state index contributed by atoms with van der Waals surface area (Å²) in [6.45, 7) is 1.54. The summed E-state index contributed by atoms with van der Waals surface area (Å²) in [4.78, 5) is 28.4. The van der Waals surface area contributed by atoms with Gasteiger partial charge in [0.1, 0.15) is 0 Å². The number of nitrogens with zero attached hydrogens (tertiary/aromatic N) is 2. The van der Waals surface area contributed by atoms with Crippen molar-refractivity contribution >= 4 is 11.8 Å². The van der Waals surface area contributed by atoms with Crippen LogP contribution in [0, 0.1) is 5.92 Å². The smallest absolute Gasteiger partial charge is 0.226 e. The summed E-state index contributed by atoms with van der Waals surface area (Å²) >= 11 is 0. The zero-order valence-electron chi connectivity index (χ0n) is 13.2. The topological polar surface area (TPSA) is 40.6 Å². The number of amides is 2. The molecule has 2 aliphatic heterocycles. The average Bonchev–Trinajstić information content (AvgIpc) is 2.98. The molecule has 1 aromatic rings. The highest BCUT2D eigenvalue weighted by Crippen LogP contribution is 2.27. The minimum atomic E-state index is -0.111. The fraction of sp³-hybridized carbons (Fsp3) is 0.556. The Labute approximate surface area is 132 Å². The van der Waals surface area contributed by atoms with E-state index in [1.807, 2.05) is 30.1 Å². The first-order valence-electron chi connectivity index (χ1n) is 8.23. The third-order valence-electron chi connectivity index (χ3n) is 4.98. The number of carbonyl (C=O) groups is 2. The van der Waals surface area contributed by atoms with Crippen LogP contribution in [0.1, 0.15) is 31.2 Å². The lowest BCUT2D eigenvalue weighted by atomic mass is 9.94. The van der Waals surface area contributed by atoms with Crippen molar-refractivity contribution in [2.75, 3.05) is 20.1 Å². The second-order valence-electron chi connectivity index (χ2n) is 6.52. The van der Waals surface area contributed by atoms with Crippen molar-refractivity contribution in [2.45, 2.75) is 38.1 Å². The van der Waals surface area contributed by atoms with Gasteiger partial charge < -0.3 is 9.80 Å². The predicted octanol–water partition coefficient (Wildman–Crippen LogP) is 2.09. The molecule has 3 rings (SSSR count). The van der Waals surface area contributed by atoms with E-state index in [0.717, 1.165) is 32.2 Å². The van der Waals surface area contributed by atoms with Gasteiger partial charge in [0, 0.05) is 38.5 Å². The summed E-state index contributed by atoms with van der Waals surface area (Å²) in [6, 6.07) is 10.7. The van der Waals surface area contributed by atoms with Gasteiger partial charge in [-0.05, 0) is 31.2 Å². The Hall–Kier alpha value is -1.84. The summed E-state index contributed by atoms with van der Waals surface area (Å²) in [5, 5.41) is 0. The Kier molecular flexibility index (Phi) is 4.46. The van der Waals surface area contributed by atoms with Crippen LogP contribution in [-0.4, -0.2) is 47.8 Å². The molecule has 0 aliphatic carbocycles. The van der Waals surface area contributed by atoms with Crippen LogP contribution in [0.15, 0.2) is 30.3 Å². The number of likely N-dealkylation sites (tertiary alicyclic amines) is 2. The Morgan fingerprint density at radius 2 is 1.95 bits per heavy atom. The molecule has 0 aromatic heterocycles. The highest BCUT2D eigenvalue weighted by molar-refractivity contribution is 5.87. The fourth-order valence-corrected chi connectivity index (χ4v) is 3.61. The zero-order valence-corrected chi connectivity index (χ0v) is 13.2. The van der Waals surface area contributed by atoms with E-state index in [0.29, 0.717) is 19.0 Å². The zero-order chi connectivity index (χ0) is 15.5. The van der Waals surface area contributed by atoms with Crippen molar-refractivity contribution in [1.29, 1.82) is 0 Å². The molecule has 2 aliphatic rings. The molecule has 2 unspecified atom stereocenters. The second-order valence-corrected chi connectivity index (χ2v) is 6.52. The molecule has 118 valence electrons. The predicted molar refractivity (Wildman–Crippen MR) is 85.2 cm³/mol. The fourth-order valence-electron chi connectivity index (χ4n) is 3.61. The van der Waals surface area contributed by atoms with Crippen LogP contribution in [-0.2, 0) is 16.0 Å². The van der Waals surface area contributed by atoms with Gasteiger partial charge >= 0.3 is 0 Å². The number of piperidine rings is 1. The van der Waals surface area contributed by atoms with Crippen LogP contribution < -0.4 is 0 Å². The van der Waals surface area contributed by atoms with Gasteiger partial charge in [0.25, 0.3) is 0 Å². The van der Waals surface area contributed by atoms with Gasteiger partial charge in [0.05, 0.1) is 0 Å². The van der Waals surface area contributed by atoms with E-state index in [1.54, 1.807) is 4.90 Å². The second kappa shape index (κ2) is 6.51. The highest BCUT2D eigenvalue weighted by Gasteiger charge is 2.36. The Bertz CT molecular complexity index is 543. The number of hydrogen-bond donors (Lipinski definition) is 0. The molecule has 22 heavy (non-hydrogen) atoms. The maximum absolute atomic E-state index is 12.8. The van der Waals surface area contributed by atoms with Crippen molar-refractivity contribution in [1.82, 2.24) is 9.80 Å². The van der Waals surface area contributed by atoms with Crippen LogP contribution in [0.5, 0.6) is 0 Å². The molecule has 0 N–H and O–H groups in total. The van der Waals surface area contributed by atoms with Gasteiger partial charge in [-0.25, -0.2) is 0 Å². The first kappa shape index (κ1) is 15.1. The van der Waals surface area contributed by atoms with E-state index in [1.165, 1.54) is 5.56 Å². The first-order valence-corrected chi connectivity index (χ1v) is 8.23. The van der Waals surface area contributed by atoms with Crippen LogP contribution in [0.25, 0.3) is 0 Å². The lowest BCUT2D eigenvalue weighted by Gasteiger charge is -2.33. The molecule has 4 nitrogen and oxygen atoms in total. The van der Waals surface area contributed by atoms with Crippen molar-refractivity contribution in [3.63, 3.8) is 0 Å². The van der Waals surface area contributed by atoms with Crippen LogP contribution >= 0.6 is 0 Å². The highest BCUT2D eigenvalue weighted by atomic mass is 16.2. The van der Waals surface area contributed by atoms with E-state index in [4.69, 9.17) is 0 Å². The lowest BCUT2D eigenvalue weighted by Crippen LogP contribution is -2.45. The molecule has 2 amide bonds. The van der Waals surface area contributed by atoms with Gasteiger partial charge in [-0.1, -0.05) is 30.3 Å². The Morgan fingerprint density at radius 3 is 2.68 bits per heavy atom. The molecule has 0 bridgehead atoms. The minimum absolute atomic E-state index is 0.100. The van der Waals surface area contributed by atoms with Crippen molar-refractivity contribution in [2.24, 2.45) is 5.92 Å². The third kappa shape index (κ3) is 3.16. The van der Waals surface area contributed by atoms with Crippen molar-refractivity contribution in [3.8, 4) is 0 Å². The Morgan fingerprint density at radius 1 is 1.18 bits per heavy atom. The molecular formula is C18H24N2O2. The molecule has 2 fully saturated rings. The largest absolute Gasteiger partial charge is 0.346 e. The van der Waals surface area contributed by atoms with Gasteiger partial charge in [-0.3, -0.25) is 9.59 Å². The van der Waals surface area contributed by atoms with E-state index < -0.39 is 0 Å². The summed E-state index contributed by atoms with van der Waals surface area (Å²) < 4.78 is 0. The summed E-state index contributed by atoms with van der Waals surface area (Å²) in [6.07, 6.45) is 4.25. The summed E-state index contributed by atoms with van der Waals surface area (Å²) in [5.74, 6) is 0.184. The molecule has 1 aromatic carbocycles. The quantitative estimate of drug-likeness (QED) is 0.857. The molecule has 2 heterocycles. The average molecular weight is 300 g/mol. The minimum Gasteiger partial charge on any atom is -0.346 e. The van der Waals surface area contributed by atoms with Gasteiger partial charge in [0.2, 0.25) is 11.8 Å². The maximum Gasteiger partial charge on any atom is 0.226 e. The summed E-state index contributed by atoms with van der Waals surface area (Å²) in [5.41, 5.74) is 1.28. The molecule has 2 saturated heterocycles. The molecule has 2 atom stereocenters. The maximum atomic E-state index is 12.8. The summed E-state index contributed by atoms with van der Waals surface area (Å²) in [7, 11) is 1.82. The van der Waals surface area contributed by atoms with Gasteiger partial charge in [-0.15, -0.1) is 0 Å². The van der Waals surface area contributed by atoms with E-state index in [-0.39, 0.29) is 17.7 Å². The van der Waals surface area contributed by atoms with E-state index in [2.05, 4.69) is 12.1 Å². The first-order chi connectivity index (χ1) is 10.6. The number of benzene rings is 1. The van der Waals surface area contributed by atoms with Crippen molar-refractivity contribution in [3.05, 3.63) is 35.9 Å². The van der Waals surface area contributed by atoms with Gasteiger partial charge in [-0.2, -0.15) is 0 Å². The number of rotatable bonds is 3. The van der Waals surface area contributed by atoms with Crippen molar-refractivity contribution < 1.29 is 9.59 Å². The van der Waals surface area contributed by atoms with E-state index in [9.17, 15) is 9.59 Å². The number of hydrogen-bond acceptors (Lipinski definition) is 2. The van der Waals surface area contributed by atoms with Crippen LogP contribution in [0.4, 0.5) is 0 Å². The monoisotopic (exact) mass is 300 g/mol. The van der Waals surface area contributed by atoms with Gasteiger partial charge in [0.15, 0.2) is 0 Å². The van der Waals surface area contributed by atoms with Crippen LogP contribution in [0.3, 0.4) is 0 Å². The lowest BCUT2D eigenvalue weighted by molar-refractivity contribution is -0.144. The molecule has 0 saturated carbocycles. The Balaban J connectivity index is 1.65. The standard InChI is InChI=1S/C18H24N2O2/c1-19-11-9-15(13-17(19)21)18(22)20-10-5-8-16(20)12-14-6-3-2-4-7-14/h2-4,6-7,15-16H,5,8-13H2,1H3.